The molecule has 76 valence electrons. The molecular formula is C10H13NO3. The molecule has 0 fully saturated rings. The molecule has 0 unspecified atom stereocenters. The van der Waals surface area contributed by atoms with E-state index in [1.165, 1.54) is 13.3 Å². The van der Waals surface area contributed by atoms with E-state index in [1.54, 1.807) is 32.4 Å². The summed E-state index contributed by atoms with van der Waals surface area (Å²) >= 11 is 0. The second-order valence-electron chi connectivity index (χ2n) is 2.78. The predicted molar refractivity (Wildman–Crippen MR) is 54.3 cm³/mol. The average Bonchev–Trinajstić information content (AvgIpc) is 2.17. The zero-order chi connectivity index (χ0) is 10.6. The molecule has 1 aromatic carbocycles. The molecule has 0 N–H and O–H groups in total. The van der Waals surface area contributed by atoms with Gasteiger partial charge in [-0.15, -0.1) is 0 Å². The normalized spacial score (nSPS) is 11.2. The highest BCUT2D eigenvalue weighted by Gasteiger charge is 2.04. The third kappa shape index (κ3) is 2.39. The van der Waals surface area contributed by atoms with E-state index in [0.29, 0.717) is 11.5 Å². The van der Waals surface area contributed by atoms with Crippen LogP contribution in [0.1, 0.15) is 5.56 Å². The maximum absolute atomic E-state index is 10.8. The van der Waals surface area contributed by atoms with Gasteiger partial charge in [-0.1, -0.05) is 0 Å². The number of hydroxylamine groups is 1. The van der Waals surface area contributed by atoms with E-state index in [2.05, 4.69) is 0 Å². The van der Waals surface area contributed by atoms with Crippen LogP contribution in [0.4, 0.5) is 0 Å². The van der Waals surface area contributed by atoms with Crippen LogP contribution in [-0.4, -0.2) is 32.2 Å². The van der Waals surface area contributed by atoms with Crippen molar-refractivity contribution >= 4 is 6.21 Å². The fourth-order valence-corrected chi connectivity index (χ4v) is 1.12. The Balaban J connectivity index is 3.11. The molecule has 4 heteroatoms. The Kier molecular flexibility index (Phi) is 3.34. The number of nitrogens with zero attached hydrogens (tertiary/aromatic N) is 1. The van der Waals surface area contributed by atoms with Crippen LogP contribution >= 0.6 is 0 Å². The largest absolute Gasteiger partial charge is 0.624 e. The van der Waals surface area contributed by atoms with Crippen LogP contribution in [-0.2, 0) is 0 Å². The molecule has 0 saturated heterocycles. The Morgan fingerprint density at radius 1 is 1.29 bits per heavy atom. The minimum absolute atomic E-state index is 0.618. The van der Waals surface area contributed by atoms with Crippen molar-refractivity contribution in [3.05, 3.63) is 29.0 Å². The van der Waals surface area contributed by atoms with Crippen LogP contribution in [0.2, 0.25) is 0 Å². The van der Waals surface area contributed by atoms with Crippen LogP contribution in [0, 0.1) is 5.21 Å². The highest BCUT2D eigenvalue weighted by atomic mass is 16.5. The minimum atomic E-state index is 0.618. The highest BCUT2D eigenvalue weighted by Crippen LogP contribution is 2.22. The van der Waals surface area contributed by atoms with E-state index in [4.69, 9.17) is 9.47 Å². The zero-order valence-electron chi connectivity index (χ0n) is 8.48. The van der Waals surface area contributed by atoms with Gasteiger partial charge in [0.15, 0.2) is 6.21 Å². The lowest BCUT2D eigenvalue weighted by Gasteiger charge is -2.06. The van der Waals surface area contributed by atoms with Crippen molar-refractivity contribution in [1.82, 2.24) is 0 Å². The lowest BCUT2D eigenvalue weighted by Crippen LogP contribution is -2.00. The van der Waals surface area contributed by atoms with Gasteiger partial charge in [0.1, 0.15) is 18.5 Å². The Hall–Kier alpha value is -1.71. The van der Waals surface area contributed by atoms with Gasteiger partial charge in [-0.05, 0) is 12.1 Å². The maximum Gasteiger partial charge on any atom is 0.185 e. The van der Waals surface area contributed by atoms with E-state index in [-0.39, 0.29) is 0 Å². The number of benzene rings is 1. The molecule has 0 atom stereocenters. The van der Waals surface area contributed by atoms with Gasteiger partial charge in [0.05, 0.1) is 19.8 Å². The van der Waals surface area contributed by atoms with Crippen molar-refractivity contribution in [3.63, 3.8) is 0 Å². The van der Waals surface area contributed by atoms with Gasteiger partial charge in [-0.3, -0.25) is 0 Å². The maximum atomic E-state index is 10.8. The van der Waals surface area contributed by atoms with E-state index in [0.717, 1.165) is 10.3 Å². The molecule has 1 aromatic rings. The van der Waals surface area contributed by atoms with Crippen molar-refractivity contribution < 1.29 is 14.2 Å². The number of hydrogen-bond acceptors (Lipinski definition) is 3. The molecule has 0 radical (unpaired) electrons. The quantitative estimate of drug-likeness (QED) is 0.315. The summed E-state index contributed by atoms with van der Waals surface area (Å²) in [5, 5.41) is 10.8. The first kappa shape index (κ1) is 10.4. The lowest BCUT2D eigenvalue weighted by molar-refractivity contribution is -0.416. The first-order valence-corrected chi connectivity index (χ1v) is 4.14. The third-order valence-corrected chi connectivity index (χ3v) is 1.76. The third-order valence-electron chi connectivity index (χ3n) is 1.76. The van der Waals surface area contributed by atoms with Crippen LogP contribution in [0.3, 0.4) is 0 Å². The molecule has 0 saturated carbocycles. The molecule has 0 aliphatic rings. The summed E-state index contributed by atoms with van der Waals surface area (Å²) in [6.07, 6.45) is 1.44. The van der Waals surface area contributed by atoms with Gasteiger partial charge in [0.25, 0.3) is 0 Å². The summed E-state index contributed by atoms with van der Waals surface area (Å²) in [5.41, 5.74) is 0.728. The molecular weight excluding hydrogens is 182 g/mol. The summed E-state index contributed by atoms with van der Waals surface area (Å²) in [5.74, 6) is 1.32. The summed E-state index contributed by atoms with van der Waals surface area (Å²) in [4.78, 5) is 0. The number of hydrogen-bond donors (Lipinski definition) is 0. The van der Waals surface area contributed by atoms with Gasteiger partial charge < -0.3 is 14.7 Å². The van der Waals surface area contributed by atoms with Crippen LogP contribution in [0.15, 0.2) is 18.2 Å². The number of ether oxygens (including phenoxy) is 2. The van der Waals surface area contributed by atoms with Gasteiger partial charge in [0.2, 0.25) is 0 Å². The summed E-state index contributed by atoms with van der Waals surface area (Å²) in [7, 11) is 4.55. The minimum Gasteiger partial charge on any atom is -0.624 e. The van der Waals surface area contributed by atoms with Crippen molar-refractivity contribution in [2.24, 2.45) is 0 Å². The van der Waals surface area contributed by atoms with Crippen LogP contribution < -0.4 is 9.47 Å². The highest BCUT2D eigenvalue weighted by molar-refractivity contribution is 5.80. The lowest BCUT2D eigenvalue weighted by atomic mass is 10.2. The molecule has 0 heterocycles. The van der Waals surface area contributed by atoms with Gasteiger partial charge in [-0.25, -0.2) is 4.74 Å². The first-order valence-electron chi connectivity index (χ1n) is 4.14. The first-order chi connectivity index (χ1) is 6.67. The van der Waals surface area contributed by atoms with E-state index < -0.39 is 0 Å². The van der Waals surface area contributed by atoms with Crippen LogP contribution in [0.5, 0.6) is 11.5 Å². The second kappa shape index (κ2) is 4.50. The molecule has 0 spiro atoms. The van der Waals surface area contributed by atoms with Crippen LogP contribution in [0.25, 0.3) is 0 Å². The van der Waals surface area contributed by atoms with Gasteiger partial charge >= 0.3 is 0 Å². The molecule has 0 bridgehead atoms. The number of rotatable bonds is 3. The Labute approximate surface area is 83.0 Å². The van der Waals surface area contributed by atoms with Gasteiger partial charge in [-0.2, -0.15) is 0 Å². The van der Waals surface area contributed by atoms with Crippen molar-refractivity contribution in [2.45, 2.75) is 0 Å². The Morgan fingerprint density at radius 2 is 2.00 bits per heavy atom. The molecule has 4 nitrogen and oxygen atoms in total. The Morgan fingerprint density at radius 3 is 2.50 bits per heavy atom. The predicted octanol–water partition coefficient (Wildman–Crippen LogP) is 1.26. The number of methoxy groups -OCH3 is 2. The summed E-state index contributed by atoms with van der Waals surface area (Å²) < 4.78 is 10.9. The van der Waals surface area contributed by atoms with E-state index >= 15 is 0 Å². The van der Waals surface area contributed by atoms with Crippen molar-refractivity contribution in [2.75, 3.05) is 21.3 Å². The molecule has 1 rings (SSSR count). The molecule has 0 aromatic heterocycles. The molecule has 0 aliphatic carbocycles. The monoisotopic (exact) mass is 195 g/mol. The smallest absolute Gasteiger partial charge is 0.185 e. The molecule has 0 amide bonds. The van der Waals surface area contributed by atoms with E-state index in [1.807, 2.05) is 0 Å². The topological polar surface area (TPSA) is 44.5 Å². The van der Waals surface area contributed by atoms with Gasteiger partial charge in [0, 0.05) is 6.07 Å². The summed E-state index contributed by atoms with van der Waals surface area (Å²) in [6.45, 7) is 0. The van der Waals surface area contributed by atoms with Crippen molar-refractivity contribution in [3.8, 4) is 11.5 Å². The van der Waals surface area contributed by atoms with E-state index in [9.17, 15) is 5.21 Å². The Bertz CT molecular complexity index is 343. The second-order valence-corrected chi connectivity index (χ2v) is 2.78. The molecule has 0 aliphatic heterocycles. The fourth-order valence-electron chi connectivity index (χ4n) is 1.12. The molecule has 14 heavy (non-hydrogen) atoms. The fraction of sp³-hybridized carbons (Fsp3) is 0.300. The van der Waals surface area contributed by atoms with Crippen molar-refractivity contribution in [1.29, 1.82) is 0 Å². The zero-order valence-corrected chi connectivity index (χ0v) is 8.48. The average molecular weight is 195 g/mol. The standard InChI is InChI=1S/C10H13NO3/c1-11(12)7-8-4-5-9(13-2)6-10(8)14-3/h4-7H,1-3H3/b11-7-. The SMILES string of the molecule is COc1ccc(/C=[N+](/C)[O-])c(OC)c1. The summed E-state index contributed by atoms with van der Waals surface area (Å²) in [6, 6.07) is 5.28.